The molecule has 284 valence electrons. The van der Waals surface area contributed by atoms with E-state index >= 15 is 0 Å². The Kier molecular flexibility index (Phi) is 9.23. The average Bonchev–Trinajstić information content (AvgIpc) is 3.76. The normalized spacial score (nSPS) is 15.9. The predicted octanol–water partition coefficient (Wildman–Crippen LogP) is 8.99. The van der Waals surface area contributed by atoms with Crippen LogP contribution in [-0.4, -0.2) is 47.9 Å². The molecular weight excluding hydrogens is 751 g/mol. The van der Waals surface area contributed by atoms with Crippen LogP contribution >= 0.6 is 11.8 Å². The number of phenolic OH excluding ortho intramolecular Hbond substituents is 2. The van der Waals surface area contributed by atoms with E-state index in [1.807, 2.05) is 97.1 Å². The molecule has 0 radical (unpaired) electrons. The number of carbonyl (C=O) groups excluding carboxylic acids is 2. The molecule has 9 rings (SSSR count). The lowest BCUT2D eigenvalue weighted by Gasteiger charge is -2.26. The fraction of sp³-hybridized carbons (Fsp3) is 0.0435. The zero-order valence-corrected chi connectivity index (χ0v) is 31.9. The van der Waals surface area contributed by atoms with Crippen molar-refractivity contribution in [2.24, 2.45) is 9.98 Å². The van der Waals surface area contributed by atoms with Crippen LogP contribution < -0.4 is 24.6 Å². The van der Waals surface area contributed by atoms with E-state index in [0.717, 1.165) is 32.3 Å². The van der Waals surface area contributed by atoms with Crippen LogP contribution in [0.3, 0.4) is 0 Å². The fourth-order valence-electron chi connectivity index (χ4n) is 6.90. The Balaban J connectivity index is 1.05. The van der Waals surface area contributed by atoms with Gasteiger partial charge in [-0.05, 0) is 83.9 Å². The number of amidine groups is 2. The number of aliphatic imine (C=N–C) groups is 2. The second-order valence-corrected chi connectivity index (χ2v) is 14.5. The van der Waals surface area contributed by atoms with Gasteiger partial charge in [0.2, 0.25) is 0 Å². The number of phenols is 2. The van der Waals surface area contributed by atoms with Crippen molar-refractivity contribution >= 4 is 70.1 Å². The third-order valence-corrected chi connectivity index (χ3v) is 10.9. The summed E-state index contributed by atoms with van der Waals surface area (Å²) in [5.74, 6) is 0.915. The number of nitrogens with one attached hydrogen (secondary N) is 1. The van der Waals surface area contributed by atoms with Gasteiger partial charge in [-0.1, -0.05) is 84.6 Å². The van der Waals surface area contributed by atoms with Crippen LogP contribution in [0.1, 0.15) is 22.3 Å². The molecule has 0 unspecified atom stereocenters. The van der Waals surface area contributed by atoms with Gasteiger partial charge in [0.25, 0.3) is 11.8 Å². The van der Waals surface area contributed by atoms with Gasteiger partial charge in [0.1, 0.15) is 23.1 Å². The molecule has 58 heavy (non-hydrogen) atoms. The molecular formula is C46H33N5O6S. The molecule has 0 fully saturated rings. The summed E-state index contributed by atoms with van der Waals surface area (Å²) in [6.45, 7) is 0. The smallest absolute Gasteiger partial charge is 0.282 e. The first-order valence-electron chi connectivity index (χ1n) is 18.2. The Bertz CT molecular complexity index is 2590. The van der Waals surface area contributed by atoms with Gasteiger partial charge in [0.05, 0.1) is 37.0 Å². The number of nitrogens with zero attached hydrogens (tertiary/aromatic N) is 4. The molecule has 0 bridgehead atoms. The van der Waals surface area contributed by atoms with Crippen LogP contribution in [0.25, 0.3) is 12.2 Å². The van der Waals surface area contributed by atoms with E-state index in [2.05, 4.69) is 5.32 Å². The number of ether oxygens (including phenoxy) is 2. The van der Waals surface area contributed by atoms with Gasteiger partial charge >= 0.3 is 0 Å². The van der Waals surface area contributed by atoms with Crippen molar-refractivity contribution in [3.05, 3.63) is 167 Å². The Hall–Kier alpha value is -7.57. The first-order valence-corrected chi connectivity index (χ1v) is 19.0. The standard InChI is InChI=1S/C46H33N5O6S/c1-56-39-23-27(13-19-37(39)52)21-35-45(54)50(43(48-35)29-9-5-3-6-10-29)31-15-17-33-41(25-31)58-42-26-32(16-18-34(42)47-33)51-44(30-11-7-4-8-12-30)49-36(46(51)55)22-28-14-20-38(53)40(24-28)57-2/h3-26,47,52-53H,1-2H3/b35-21-,36-22+. The second kappa shape index (κ2) is 14.8. The zero-order valence-electron chi connectivity index (χ0n) is 31.1. The van der Waals surface area contributed by atoms with E-state index in [9.17, 15) is 19.8 Å². The Labute approximate surface area is 337 Å². The molecule has 3 N–H and O–H groups in total. The third-order valence-electron chi connectivity index (χ3n) is 9.74. The number of hydrogen-bond donors (Lipinski definition) is 3. The van der Waals surface area contributed by atoms with Crippen molar-refractivity contribution in [1.82, 2.24) is 0 Å². The van der Waals surface area contributed by atoms with Crippen LogP contribution in [0.4, 0.5) is 22.7 Å². The molecule has 6 aromatic rings. The van der Waals surface area contributed by atoms with Crippen LogP contribution in [0.2, 0.25) is 0 Å². The summed E-state index contributed by atoms with van der Waals surface area (Å²) in [7, 11) is 2.94. The van der Waals surface area contributed by atoms with Gasteiger partial charge in [-0.15, -0.1) is 0 Å². The number of anilines is 4. The molecule has 2 amide bonds. The maximum absolute atomic E-state index is 14.2. The largest absolute Gasteiger partial charge is 0.504 e. The summed E-state index contributed by atoms with van der Waals surface area (Å²) < 4.78 is 10.6. The Morgan fingerprint density at radius 1 is 0.569 bits per heavy atom. The van der Waals surface area contributed by atoms with Gasteiger partial charge in [-0.2, -0.15) is 0 Å². The van der Waals surface area contributed by atoms with E-state index in [1.165, 1.54) is 38.1 Å². The number of amides is 2. The monoisotopic (exact) mass is 783 g/mol. The summed E-state index contributed by atoms with van der Waals surface area (Å²) in [5.41, 5.74) is 6.27. The minimum absolute atomic E-state index is 0.00302. The molecule has 11 nitrogen and oxygen atoms in total. The van der Waals surface area contributed by atoms with Gasteiger partial charge < -0.3 is 25.0 Å². The lowest BCUT2D eigenvalue weighted by molar-refractivity contribution is -0.114. The highest BCUT2D eigenvalue weighted by Crippen LogP contribution is 2.48. The van der Waals surface area contributed by atoms with Crippen LogP contribution in [0, 0.1) is 0 Å². The van der Waals surface area contributed by atoms with E-state index < -0.39 is 0 Å². The molecule has 3 heterocycles. The lowest BCUT2D eigenvalue weighted by atomic mass is 10.1. The number of aromatic hydroxyl groups is 2. The topological polar surface area (TPSA) is 136 Å². The van der Waals surface area contributed by atoms with Crippen LogP contribution in [0.15, 0.2) is 165 Å². The molecule has 0 aromatic heterocycles. The fourth-order valence-corrected chi connectivity index (χ4v) is 7.95. The number of methoxy groups -OCH3 is 2. The maximum Gasteiger partial charge on any atom is 0.282 e. The van der Waals surface area contributed by atoms with Crippen molar-refractivity contribution in [2.45, 2.75) is 9.79 Å². The zero-order chi connectivity index (χ0) is 39.9. The van der Waals surface area contributed by atoms with Crippen LogP contribution in [0.5, 0.6) is 23.0 Å². The highest BCUT2D eigenvalue weighted by molar-refractivity contribution is 7.99. The molecule has 3 aliphatic heterocycles. The SMILES string of the molecule is COc1cc(/C=C2\N=C(c3ccccc3)N(c3ccc4c(c3)Sc3cc(N5C(=O)/C(=C\c6ccc(O)c(OC)c6)N=C5c5ccccc5)ccc3N4)C2=O)ccc1O. The van der Waals surface area contributed by atoms with Crippen molar-refractivity contribution in [2.75, 3.05) is 29.3 Å². The van der Waals surface area contributed by atoms with E-state index in [0.29, 0.717) is 34.2 Å². The van der Waals surface area contributed by atoms with Crippen molar-refractivity contribution in [3.8, 4) is 23.0 Å². The lowest BCUT2D eigenvalue weighted by Crippen LogP contribution is -2.32. The molecule has 3 aliphatic rings. The maximum atomic E-state index is 14.2. The van der Waals surface area contributed by atoms with Gasteiger partial charge in [0.15, 0.2) is 23.0 Å². The predicted molar refractivity (Wildman–Crippen MR) is 226 cm³/mol. The average molecular weight is 784 g/mol. The summed E-state index contributed by atoms with van der Waals surface area (Å²) in [4.78, 5) is 43.0. The molecule has 12 heteroatoms. The third kappa shape index (κ3) is 6.61. The number of hydrogen-bond acceptors (Lipinski definition) is 10. The Morgan fingerprint density at radius 2 is 1.00 bits per heavy atom. The van der Waals surface area contributed by atoms with Crippen molar-refractivity contribution < 1.29 is 29.3 Å². The van der Waals surface area contributed by atoms with Gasteiger partial charge in [-0.25, -0.2) is 9.98 Å². The molecule has 0 saturated carbocycles. The number of fused-ring (bicyclic) bond motifs is 2. The number of carbonyl (C=O) groups is 2. The van der Waals surface area contributed by atoms with E-state index in [-0.39, 0.29) is 46.2 Å². The second-order valence-electron chi connectivity index (χ2n) is 13.4. The molecule has 6 aromatic carbocycles. The molecule has 0 spiro atoms. The highest BCUT2D eigenvalue weighted by atomic mass is 32.2. The summed E-state index contributed by atoms with van der Waals surface area (Å²) in [5, 5.41) is 23.8. The first-order chi connectivity index (χ1) is 28.3. The minimum Gasteiger partial charge on any atom is -0.504 e. The Morgan fingerprint density at radius 3 is 1.41 bits per heavy atom. The number of benzene rings is 6. The minimum atomic E-state index is -0.308. The van der Waals surface area contributed by atoms with Crippen molar-refractivity contribution in [1.29, 1.82) is 0 Å². The van der Waals surface area contributed by atoms with Crippen molar-refractivity contribution in [3.63, 3.8) is 0 Å². The van der Waals surface area contributed by atoms with Gasteiger partial charge in [0, 0.05) is 20.9 Å². The number of rotatable bonds is 8. The van der Waals surface area contributed by atoms with E-state index in [4.69, 9.17) is 19.5 Å². The molecule has 0 atom stereocenters. The molecule has 0 saturated heterocycles. The first kappa shape index (κ1) is 36.1. The summed E-state index contributed by atoms with van der Waals surface area (Å²) in [6.07, 6.45) is 3.35. The molecule has 0 aliphatic carbocycles. The summed E-state index contributed by atoms with van der Waals surface area (Å²) >= 11 is 1.52. The highest BCUT2D eigenvalue weighted by Gasteiger charge is 2.35. The van der Waals surface area contributed by atoms with Crippen LogP contribution in [-0.2, 0) is 9.59 Å². The quantitative estimate of drug-likeness (QED) is 0.130. The summed E-state index contributed by atoms with van der Waals surface area (Å²) in [6, 6.07) is 40.3. The van der Waals surface area contributed by atoms with Gasteiger partial charge in [-0.3, -0.25) is 19.4 Å². The van der Waals surface area contributed by atoms with E-state index in [1.54, 1.807) is 46.2 Å².